The van der Waals surface area contributed by atoms with E-state index in [1.807, 2.05) is 0 Å². The summed E-state index contributed by atoms with van der Waals surface area (Å²) in [5.41, 5.74) is 6.50. The Morgan fingerprint density at radius 3 is 2.50 bits per heavy atom. The quantitative estimate of drug-likeness (QED) is 0.384. The topological polar surface area (TPSA) is 26.1 Å². The van der Waals surface area contributed by atoms with Crippen molar-refractivity contribution in [3.8, 4) is 0 Å². The number of nitrogens with one attached hydrogen (secondary N) is 1. The summed E-state index contributed by atoms with van der Waals surface area (Å²) < 4.78 is 0. The minimum absolute atomic E-state index is 0.997. The van der Waals surface area contributed by atoms with Gasteiger partial charge in [-0.2, -0.15) is 5.43 Å². The minimum atomic E-state index is 0.997. The molecular formula is C4H11N2. The summed E-state index contributed by atoms with van der Waals surface area (Å²) in [6, 6.07) is 0. The monoisotopic (exact) mass is 87.1 g/mol. The molecule has 0 fully saturated rings. The lowest BCUT2D eigenvalue weighted by molar-refractivity contribution is 0.579. The second-order valence-electron chi connectivity index (χ2n) is 1.13. The summed E-state index contributed by atoms with van der Waals surface area (Å²) in [7, 11) is 1.75. The molecule has 0 bridgehead atoms. The molecule has 0 rings (SSSR count). The molecule has 6 heavy (non-hydrogen) atoms. The average Bonchev–Trinajstić information content (AvgIpc) is 1.61. The summed E-state index contributed by atoms with van der Waals surface area (Å²) in [5.74, 6) is 0. The van der Waals surface area contributed by atoms with Crippen LogP contribution in [0.3, 0.4) is 0 Å². The molecule has 0 aromatic carbocycles. The van der Waals surface area contributed by atoms with Gasteiger partial charge >= 0.3 is 0 Å². The van der Waals surface area contributed by atoms with Crippen LogP contribution in [-0.2, 0) is 0 Å². The van der Waals surface area contributed by atoms with Crippen LogP contribution in [0.15, 0.2) is 0 Å². The van der Waals surface area contributed by atoms with Crippen LogP contribution >= 0.6 is 0 Å². The minimum Gasteiger partial charge on any atom is -0.240 e. The first-order valence-electron chi connectivity index (χ1n) is 2.23. The van der Waals surface area contributed by atoms with Crippen molar-refractivity contribution >= 4 is 0 Å². The summed E-state index contributed by atoms with van der Waals surface area (Å²) in [4.78, 5) is 0. The van der Waals surface area contributed by atoms with Crippen LogP contribution in [-0.4, -0.2) is 13.6 Å². The highest BCUT2D eigenvalue weighted by atomic mass is 15.3. The molecule has 0 unspecified atom stereocenters. The highest BCUT2D eigenvalue weighted by Crippen LogP contribution is 1.63. The van der Waals surface area contributed by atoms with E-state index in [2.05, 4.69) is 17.8 Å². The fourth-order valence-electron chi connectivity index (χ4n) is 0.224. The summed E-state index contributed by atoms with van der Waals surface area (Å²) in [6.45, 7) is 3.11. The van der Waals surface area contributed by atoms with E-state index in [0.717, 1.165) is 13.0 Å². The summed E-state index contributed by atoms with van der Waals surface area (Å²) in [5, 5.41) is 0. The Labute approximate surface area is 38.9 Å². The van der Waals surface area contributed by atoms with Crippen molar-refractivity contribution in [1.82, 2.24) is 10.9 Å². The molecule has 0 amide bonds. The van der Waals surface area contributed by atoms with E-state index < -0.39 is 0 Å². The van der Waals surface area contributed by atoms with Crippen molar-refractivity contribution < 1.29 is 0 Å². The van der Waals surface area contributed by atoms with Gasteiger partial charge in [0.15, 0.2) is 0 Å². The molecule has 0 heterocycles. The molecule has 0 saturated carbocycles. The zero-order valence-electron chi connectivity index (χ0n) is 4.36. The van der Waals surface area contributed by atoms with Crippen LogP contribution in [0.4, 0.5) is 0 Å². The zero-order chi connectivity index (χ0) is 4.83. The molecule has 0 aliphatic rings. The SMILES string of the molecule is CCCN[N]C. The van der Waals surface area contributed by atoms with Gasteiger partial charge in [0.25, 0.3) is 0 Å². The van der Waals surface area contributed by atoms with Crippen molar-refractivity contribution in [2.24, 2.45) is 0 Å². The van der Waals surface area contributed by atoms with Gasteiger partial charge in [0.2, 0.25) is 0 Å². The molecule has 1 N–H and O–H groups in total. The lowest BCUT2D eigenvalue weighted by atomic mass is 10.5. The number of nitrogens with zero attached hydrogens (tertiary/aromatic N) is 1. The van der Waals surface area contributed by atoms with E-state index >= 15 is 0 Å². The van der Waals surface area contributed by atoms with Crippen molar-refractivity contribution in [3.05, 3.63) is 0 Å². The Hall–Kier alpha value is -0.0800. The largest absolute Gasteiger partial charge is 0.240 e. The van der Waals surface area contributed by atoms with Crippen LogP contribution < -0.4 is 10.9 Å². The number of hydrogen-bond acceptors (Lipinski definition) is 1. The highest BCUT2D eigenvalue weighted by molar-refractivity contribution is 4.28. The molecule has 0 saturated heterocycles. The van der Waals surface area contributed by atoms with Gasteiger partial charge in [-0.15, -0.1) is 0 Å². The Balaban J connectivity index is 2.34. The molecule has 0 aromatic heterocycles. The Bertz CT molecular complexity index is 17.5. The van der Waals surface area contributed by atoms with E-state index in [0.29, 0.717) is 0 Å². The highest BCUT2D eigenvalue weighted by Gasteiger charge is 1.71. The van der Waals surface area contributed by atoms with Gasteiger partial charge in [-0.3, -0.25) is 0 Å². The molecule has 37 valence electrons. The predicted octanol–water partition coefficient (Wildman–Crippen LogP) is 0.135. The van der Waals surface area contributed by atoms with Gasteiger partial charge in [-0.25, -0.2) is 5.43 Å². The first-order chi connectivity index (χ1) is 2.91. The lowest BCUT2D eigenvalue weighted by Gasteiger charge is -1.91. The smallest absolute Gasteiger partial charge is 0.0190 e. The fraction of sp³-hybridized carbons (Fsp3) is 1.00. The molecule has 0 aliphatic heterocycles. The summed E-state index contributed by atoms with van der Waals surface area (Å²) >= 11 is 0. The second-order valence-corrected chi connectivity index (χ2v) is 1.13. The normalized spacial score (nSPS) is 9.00. The third-order valence-electron chi connectivity index (χ3n) is 0.520. The third kappa shape index (κ3) is 3.92. The summed E-state index contributed by atoms with van der Waals surface area (Å²) in [6.07, 6.45) is 1.15. The lowest BCUT2D eigenvalue weighted by Crippen LogP contribution is -2.20. The average molecular weight is 87.1 g/mol. The second kappa shape index (κ2) is 4.92. The van der Waals surface area contributed by atoms with Gasteiger partial charge in [0.05, 0.1) is 0 Å². The molecular weight excluding hydrogens is 76.1 g/mol. The Morgan fingerprint density at radius 2 is 2.33 bits per heavy atom. The van der Waals surface area contributed by atoms with E-state index in [4.69, 9.17) is 0 Å². The first kappa shape index (κ1) is 5.92. The molecule has 0 atom stereocenters. The predicted molar refractivity (Wildman–Crippen MR) is 26.4 cm³/mol. The molecule has 2 heteroatoms. The van der Waals surface area contributed by atoms with Crippen LogP contribution in [0.2, 0.25) is 0 Å². The van der Waals surface area contributed by atoms with Gasteiger partial charge in [-0.1, -0.05) is 6.92 Å². The standard InChI is InChI=1S/C4H11N2/c1-3-4-6-5-2/h6H,3-4H2,1-2H3. The van der Waals surface area contributed by atoms with Crippen LogP contribution in [0, 0.1) is 0 Å². The van der Waals surface area contributed by atoms with Crippen molar-refractivity contribution in [2.75, 3.05) is 13.6 Å². The van der Waals surface area contributed by atoms with E-state index in [-0.39, 0.29) is 0 Å². The molecule has 2 nitrogen and oxygen atoms in total. The maximum Gasteiger partial charge on any atom is 0.0190 e. The third-order valence-corrected chi connectivity index (χ3v) is 0.520. The van der Waals surface area contributed by atoms with Crippen LogP contribution in [0.1, 0.15) is 13.3 Å². The van der Waals surface area contributed by atoms with E-state index in [1.54, 1.807) is 7.05 Å². The maximum absolute atomic E-state index is 3.68. The Kier molecular flexibility index (Phi) is 4.85. The van der Waals surface area contributed by atoms with Gasteiger partial charge in [0, 0.05) is 13.6 Å². The number of hydrogen-bond donors (Lipinski definition) is 1. The van der Waals surface area contributed by atoms with E-state index in [9.17, 15) is 0 Å². The van der Waals surface area contributed by atoms with Crippen molar-refractivity contribution in [1.29, 1.82) is 0 Å². The molecule has 0 spiro atoms. The molecule has 0 aliphatic carbocycles. The van der Waals surface area contributed by atoms with Crippen LogP contribution in [0.25, 0.3) is 0 Å². The van der Waals surface area contributed by atoms with E-state index in [1.165, 1.54) is 0 Å². The van der Waals surface area contributed by atoms with Crippen molar-refractivity contribution in [2.45, 2.75) is 13.3 Å². The Morgan fingerprint density at radius 1 is 1.67 bits per heavy atom. The van der Waals surface area contributed by atoms with Crippen LogP contribution in [0.5, 0.6) is 0 Å². The molecule has 0 aromatic rings. The first-order valence-corrected chi connectivity index (χ1v) is 2.23. The maximum atomic E-state index is 3.68. The van der Waals surface area contributed by atoms with Gasteiger partial charge in [-0.05, 0) is 6.42 Å². The number of rotatable bonds is 3. The zero-order valence-corrected chi connectivity index (χ0v) is 4.36. The van der Waals surface area contributed by atoms with Gasteiger partial charge in [0.1, 0.15) is 0 Å². The molecule has 1 radical (unpaired) electrons. The fourth-order valence-corrected chi connectivity index (χ4v) is 0.224. The van der Waals surface area contributed by atoms with Crippen molar-refractivity contribution in [3.63, 3.8) is 0 Å². The van der Waals surface area contributed by atoms with Gasteiger partial charge < -0.3 is 0 Å².